The van der Waals surface area contributed by atoms with Gasteiger partial charge >= 0.3 is 0 Å². The van der Waals surface area contributed by atoms with Crippen molar-refractivity contribution in [1.29, 1.82) is 0 Å². The molecule has 2 amide bonds. The summed E-state index contributed by atoms with van der Waals surface area (Å²) in [5, 5.41) is 10.8. The van der Waals surface area contributed by atoms with Crippen LogP contribution in [0, 0.1) is 22.0 Å². The quantitative estimate of drug-likeness (QED) is 0.339. The van der Waals surface area contributed by atoms with E-state index in [-0.39, 0.29) is 23.4 Å². The molecule has 0 aromatic heterocycles. The van der Waals surface area contributed by atoms with Gasteiger partial charge in [0.2, 0.25) is 0 Å². The second-order valence-electron chi connectivity index (χ2n) is 3.58. The van der Waals surface area contributed by atoms with Crippen LogP contribution in [0.4, 0.5) is 5.69 Å². The van der Waals surface area contributed by atoms with E-state index in [1.807, 2.05) is 0 Å². The van der Waals surface area contributed by atoms with Crippen molar-refractivity contribution in [1.82, 2.24) is 4.90 Å². The van der Waals surface area contributed by atoms with Gasteiger partial charge in [-0.15, -0.1) is 5.92 Å². The summed E-state index contributed by atoms with van der Waals surface area (Å²) in [5.41, 5.74) is -0.435. The smallest absolute Gasteiger partial charge is 0.269 e. The third-order valence-corrected chi connectivity index (χ3v) is 2.59. The molecule has 1 aliphatic heterocycles. The van der Waals surface area contributed by atoms with E-state index in [0.29, 0.717) is 0 Å². The first kappa shape index (κ1) is 11.8. The third-order valence-electron chi connectivity index (χ3n) is 2.59. The molecule has 0 saturated carbocycles. The molecule has 0 aliphatic carbocycles. The standard InChI is InChI=1S/C12H8N2O4/c1-2-3-7-13-11(15)8-5-4-6-9(14(17)18)10(8)12(13)16/h4-6H,7H2,1H3. The van der Waals surface area contributed by atoms with E-state index in [4.69, 9.17) is 0 Å². The Morgan fingerprint density at radius 2 is 2.06 bits per heavy atom. The monoisotopic (exact) mass is 244 g/mol. The predicted octanol–water partition coefficient (Wildman–Crippen LogP) is 1.21. The molecule has 0 N–H and O–H groups in total. The van der Waals surface area contributed by atoms with Gasteiger partial charge < -0.3 is 0 Å². The minimum Gasteiger partial charge on any atom is -0.269 e. The van der Waals surface area contributed by atoms with Crippen molar-refractivity contribution in [3.63, 3.8) is 0 Å². The fourth-order valence-electron chi connectivity index (χ4n) is 1.77. The summed E-state index contributed by atoms with van der Waals surface area (Å²) in [6.07, 6.45) is 0. The molecule has 1 aromatic carbocycles. The minimum atomic E-state index is -0.668. The summed E-state index contributed by atoms with van der Waals surface area (Å²) in [6.45, 7) is 1.53. The van der Waals surface area contributed by atoms with Gasteiger partial charge in [-0.05, 0) is 13.0 Å². The van der Waals surface area contributed by atoms with Gasteiger partial charge in [0.15, 0.2) is 0 Å². The molecule has 90 valence electrons. The molecule has 0 fully saturated rings. The van der Waals surface area contributed by atoms with Gasteiger partial charge in [-0.25, -0.2) is 0 Å². The number of imide groups is 1. The fraction of sp³-hybridized carbons (Fsp3) is 0.167. The average molecular weight is 244 g/mol. The van der Waals surface area contributed by atoms with E-state index in [1.54, 1.807) is 6.92 Å². The van der Waals surface area contributed by atoms with Crippen molar-refractivity contribution >= 4 is 17.5 Å². The van der Waals surface area contributed by atoms with Crippen LogP contribution in [0.25, 0.3) is 0 Å². The maximum absolute atomic E-state index is 12.0. The molecule has 0 radical (unpaired) electrons. The van der Waals surface area contributed by atoms with E-state index >= 15 is 0 Å². The van der Waals surface area contributed by atoms with Crippen molar-refractivity contribution in [2.75, 3.05) is 6.54 Å². The molecule has 1 aromatic rings. The van der Waals surface area contributed by atoms with Crippen LogP contribution in [0.1, 0.15) is 27.6 Å². The number of fused-ring (bicyclic) bond motifs is 1. The first-order valence-corrected chi connectivity index (χ1v) is 5.11. The van der Waals surface area contributed by atoms with Gasteiger partial charge in [0, 0.05) is 6.07 Å². The Balaban J connectivity index is 2.54. The van der Waals surface area contributed by atoms with E-state index in [0.717, 1.165) is 4.90 Å². The summed E-state index contributed by atoms with van der Waals surface area (Å²) >= 11 is 0. The number of hydrogen-bond acceptors (Lipinski definition) is 4. The number of hydrogen-bond donors (Lipinski definition) is 0. The molecule has 18 heavy (non-hydrogen) atoms. The van der Waals surface area contributed by atoms with Gasteiger partial charge in [-0.1, -0.05) is 12.0 Å². The molecule has 0 spiro atoms. The number of nitrogens with zero attached hydrogens (tertiary/aromatic N) is 2. The van der Waals surface area contributed by atoms with Crippen LogP contribution in [-0.4, -0.2) is 28.2 Å². The maximum atomic E-state index is 12.0. The van der Waals surface area contributed by atoms with Gasteiger partial charge in [0.25, 0.3) is 17.5 Å². The van der Waals surface area contributed by atoms with Crippen molar-refractivity contribution in [3.05, 3.63) is 39.4 Å². The van der Waals surface area contributed by atoms with E-state index in [9.17, 15) is 19.7 Å². The largest absolute Gasteiger partial charge is 0.282 e. The third kappa shape index (κ3) is 1.62. The van der Waals surface area contributed by atoms with Gasteiger partial charge in [-0.3, -0.25) is 24.6 Å². The molecule has 6 heteroatoms. The zero-order valence-electron chi connectivity index (χ0n) is 9.47. The van der Waals surface area contributed by atoms with Crippen LogP contribution >= 0.6 is 0 Å². The SMILES string of the molecule is CC#CCN1C(=O)c2cccc([N+](=O)[O-])c2C1=O. The van der Waals surface area contributed by atoms with Crippen LogP contribution in [0.5, 0.6) is 0 Å². The van der Waals surface area contributed by atoms with Crippen molar-refractivity contribution in [2.24, 2.45) is 0 Å². The van der Waals surface area contributed by atoms with Gasteiger partial charge in [-0.2, -0.15) is 0 Å². The number of nitro groups is 1. The maximum Gasteiger partial charge on any atom is 0.282 e. The number of carbonyl (C=O) groups is 2. The molecule has 0 unspecified atom stereocenters. The Morgan fingerprint density at radius 1 is 1.33 bits per heavy atom. The van der Waals surface area contributed by atoms with Crippen LogP contribution in [0.3, 0.4) is 0 Å². The highest BCUT2D eigenvalue weighted by Crippen LogP contribution is 2.30. The highest BCUT2D eigenvalue weighted by molar-refractivity contribution is 6.23. The Bertz CT molecular complexity index is 625. The molecule has 0 atom stereocenters. The first-order chi connectivity index (χ1) is 8.57. The Kier molecular flexibility index (Phi) is 2.81. The number of carbonyl (C=O) groups excluding carboxylic acids is 2. The number of nitro benzene ring substituents is 1. The molecule has 1 heterocycles. The molecule has 2 rings (SSSR count). The summed E-state index contributed by atoms with van der Waals surface area (Å²) in [5.74, 6) is 3.97. The molecule has 0 saturated heterocycles. The Morgan fingerprint density at radius 3 is 2.67 bits per heavy atom. The van der Waals surface area contributed by atoms with Crippen molar-refractivity contribution in [3.8, 4) is 11.8 Å². The number of benzene rings is 1. The predicted molar refractivity (Wildman–Crippen MR) is 61.9 cm³/mol. The summed E-state index contributed by atoms with van der Waals surface area (Å²) < 4.78 is 0. The number of rotatable bonds is 2. The van der Waals surface area contributed by atoms with Gasteiger partial charge in [0.05, 0.1) is 17.0 Å². The van der Waals surface area contributed by atoms with Gasteiger partial charge in [0.1, 0.15) is 5.56 Å². The fourth-order valence-corrected chi connectivity index (χ4v) is 1.77. The van der Waals surface area contributed by atoms with Crippen LogP contribution < -0.4 is 0 Å². The van der Waals surface area contributed by atoms with Crippen LogP contribution in [-0.2, 0) is 0 Å². The lowest BCUT2D eigenvalue weighted by atomic mass is 10.1. The second kappa shape index (κ2) is 4.30. The normalized spacial score (nSPS) is 13.1. The topological polar surface area (TPSA) is 80.5 Å². The van der Waals surface area contributed by atoms with E-state index < -0.39 is 16.7 Å². The molecule has 0 bridgehead atoms. The summed E-state index contributed by atoms with van der Waals surface area (Å²) in [7, 11) is 0. The van der Waals surface area contributed by atoms with Crippen LogP contribution in [0.2, 0.25) is 0 Å². The van der Waals surface area contributed by atoms with E-state index in [2.05, 4.69) is 11.8 Å². The minimum absolute atomic E-state index is 0.0556. The first-order valence-electron chi connectivity index (χ1n) is 5.11. The lowest BCUT2D eigenvalue weighted by molar-refractivity contribution is -0.385. The highest BCUT2D eigenvalue weighted by atomic mass is 16.6. The lowest BCUT2D eigenvalue weighted by Gasteiger charge is -2.08. The summed E-state index contributed by atoms with van der Waals surface area (Å²) in [6, 6.07) is 4.00. The summed E-state index contributed by atoms with van der Waals surface area (Å²) in [4.78, 5) is 34.9. The Labute approximate surface area is 102 Å². The zero-order valence-corrected chi connectivity index (χ0v) is 9.47. The van der Waals surface area contributed by atoms with Crippen molar-refractivity contribution in [2.45, 2.75) is 6.92 Å². The molecule has 1 aliphatic rings. The average Bonchev–Trinajstić information content (AvgIpc) is 2.60. The van der Waals surface area contributed by atoms with E-state index in [1.165, 1.54) is 18.2 Å². The van der Waals surface area contributed by atoms with Crippen molar-refractivity contribution < 1.29 is 14.5 Å². The lowest BCUT2D eigenvalue weighted by Crippen LogP contribution is -2.30. The molecular weight excluding hydrogens is 236 g/mol. The molecular formula is C12H8N2O4. The Hall–Kier alpha value is -2.68. The number of amides is 2. The zero-order chi connectivity index (χ0) is 13.3. The van der Waals surface area contributed by atoms with Crippen LogP contribution in [0.15, 0.2) is 18.2 Å². The highest BCUT2D eigenvalue weighted by Gasteiger charge is 2.40. The second-order valence-corrected chi connectivity index (χ2v) is 3.58. The molecule has 6 nitrogen and oxygen atoms in total.